The molecule has 2 N–H and O–H groups in total. The zero-order valence-electron chi connectivity index (χ0n) is 17.2. The third-order valence-electron chi connectivity index (χ3n) is 4.77. The average molecular weight is 406 g/mol. The molecule has 2 aliphatic rings. The molecule has 9 heteroatoms. The van der Waals surface area contributed by atoms with Crippen LogP contribution in [0.1, 0.15) is 13.8 Å². The van der Waals surface area contributed by atoms with Gasteiger partial charge in [0.15, 0.2) is 0 Å². The Balaban J connectivity index is 1.79. The van der Waals surface area contributed by atoms with Crippen molar-refractivity contribution in [3.63, 3.8) is 0 Å². The standard InChI is InChI=1S/C20H30N4O5/c1-3-28-17-12-16(24-7-9-27-10-8-24)18(29-4-2)11-15(17)22-20(26)14-23-6-5-21-19(25)13-23/h11-12H,3-10,13-14H2,1-2H3,(H,21,25)(H,22,26). The van der Waals surface area contributed by atoms with Crippen molar-refractivity contribution in [3.05, 3.63) is 12.1 Å². The molecule has 0 radical (unpaired) electrons. The van der Waals surface area contributed by atoms with Crippen LogP contribution in [0.15, 0.2) is 12.1 Å². The lowest BCUT2D eigenvalue weighted by molar-refractivity contribution is -0.125. The molecule has 160 valence electrons. The molecule has 1 aromatic carbocycles. The summed E-state index contributed by atoms with van der Waals surface area (Å²) in [7, 11) is 0. The number of morpholine rings is 1. The first kappa shape index (κ1) is 21.2. The average Bonchev–Trinajstić information content (AvgIpc) is 2.71. The van der Waals surface area contributed by atoms with Crippen LogP contribution >= 0.6 is 0 Å². The number of benzene rings is 1. The first-order valence-corrected chi connectivity index (χ1v) is 10.2. The van der Waals surface area contributed by atoms with Crippen LogP contribution in [0.2, 0.25) is 0 Å². The molecule has 2 heterocycles. The van der Waals surface area contributed by atoms with E-state index < -0.39 is 0 Å². The van der Waals surface area contributed by atoms with Gasteiger partial charge in [-0.15, -0.1) is 0 Å². The quantitative estimate of drug-likeness (QED) is 0.656. The Morgan fingerprint density at radius 3 is 2.55 bits per heavy atom. The molecule has 1 aromatic rings. The number of nitrogens with one attached hydrogen (secondary N) is 2. The maximum atomic E-state index is 12.6. The van der Waals surface area contributed by atoms with Gasteiger partial charge in [-0.1, -0.05) is 0 Å². The summed E-state index contributed by atoms with van der Waals surface area (Å²) in [4.78, 5) is 28.1. The molecule has 29 heavy (non-hydrogen) atoms. The van der Waals surface area contributed by atoms with Crippen molar-refractivity contribution >= 4 is 23.2 Å². The Labute approximate surface area is 171 Å². The highest BCUT2D eigenvalue weighted by molar-refractivity contribution is 5.95. The second kappa shape index (κ2) is 10.3. The van der Waals surface area contributed by atoms with Crippen molar-refractivity contribution in [2.45, 2.75) is 13.8 Å². The molecule has 0 saturated carbocycles. The number of hydrogen-bond donors (Lipinski definition) is 2. The van der Waals surface area contributed by atoms with Crippen LogP contribution in [0.5, 0.6) is 11.5 Å². The molecule has 3 rings (SSSR count). The summed E-state index contributed by atoms with van der Waals surface area (Å²) >= 11 is 0. The molecule has 0 bridgehead atoms. The van der Waals surface area contributed by atoms with Crippen molar-refractivity contribution in [1.29, 1.82) is 0 Å². The van der Waals surface area contributed by atoms with Crippen LogP contribution < -0.4 is 25.0 Å². The van der Waals surface area contributed by atoms with Crippen LogP contribution in [0.25, 0.3) is 0 Å². The fourth-order valence-corrected chi connectivity index (χ4v) is 3.46. The van der Waals surface area contributed by atoms with Crippen molar-refractivity contribution in [3.8, 4) is 11.5 Å². The van der Waals surface area contributed by atoms with E-state index in [2.05, 4.69) is 15.5 Å². The largest absolute Gasteiger partial charge is 0.492 e. The smallest absolute Gasteiger partial charge is 0.238 e. The monoisotopic (exact) mass is 406 g/mol. The Morgan fingerprint density at radius 2 is 1.86 bits per heavy atom. The van der Waals surface area contributed by atoms with E-state index in [4.69, 9.17) is 14.2 Å². The Morgan fingerprint density at radius 1 is 1.14 bits per heavy atom. The van der Waals surface area contributed by atoms with Crippen molar-refractivity contribution in [2.24, 2.45) is 0 Å². The van der Waals surface area contributed by atoms with Gasteiger partial charge in [-0.05, 0) is 13.8 Å². The van der Waals surface area contributed by atoms with Crippen LogP contribution in [0.4, 0.5) is 11.4 Å². The number of hydrogen-bond acceptors (Lipinski definition) is 7. The highest BCUT2D eigenvalue weighted by Gasteiger charge is 2.22. The van der Waals surface area contributed by atoms with Crippen molar-refractivity contribution in [1.82, 2.24) is 10.2 Å². The maximum Gasteiger partial charge on any atom is 0.238 e. The lowest BCUT2D eigenvalue weighted by Crippen LogP contribution is -2.49. The highest BCUT2D eigenvalue weighted by atomic mass is 16.5. The lowest BCUT2D eigenvalue weighted by Gasteiger charge is -2.31. The number of carbonyl (C=O) groups is 2. The number of anilines is 2. The van der Waals surface area contributed by atoms with Gasteiger partial charge < -0.3 is 29.7 Å². The number of nitrogens with zero attached hydrogens (tertiary/aromatic N) is 2. The summed E-state index contributed by atoms with van der Waals surface area (Å²) in [6, 6.07) is 3.74. The molecule has 0 unspecified atom stereocenters. The Kier molecular flexibility index (Phi) is 7.54. The number of piperazine rings is 1. The number of amides is 2. The highest BCUT2D eigenvalue weighted by Crippen LogP contribution is 2.39. The topological polar surface area (TPSA) is 92.4 Å². The fourth-order valence-electron chi connectivity index (χ4n) is 3.46. The third-order valence-corrected chi connectivity index (χ3v) is 4.77. The minimum Gasteiger partial charge on any atom is -0.492 e. The summed E-state index contributed by atoms with van der Waals surface area (Å²) in [5, 5.41) is 5.68. The van der Waals surface area contributed by atoms with E-state index in [-0.39, 0.29) is 24.9 Å². The number of rotatable bonds is 8. The fraction of sp³-hybridized carbons (Fsp3) is 0.600. The SMILES string of the molecule is CCOc1cc(N2CCOCC2)c(OCC)cc1NC(=O)CN1CCNC(=O)C1. The molecule has 9 nitrogen and oxygen atoms in total. The van der Waals surface area contributed by atoms with Crippen LogP contribution in [-0.4, -0.2) is 82.4 Å². The van der Waals surface area contributed by atoms with E-state index in [0.29, 0.717) is 56.7 Å². The van der Waals surface area contributed by atoms with Crippen LogP contribution in [0.3, 0.4) is 0 Å². The number of ether oxygens (including phenoxy) is 3. The van der Waals surface area contributed by atoms with Gasteiger partial charge in [0, 0.05) is 38.3 Å². The second-order valence-corrected chi connectivity index (χ2v) is 6.89. The van der Waals surface area contributed by atoms with Crippen LogP contribution in [0, 0.1) is 0 Å². The van der Waals surface area contributed by atoms with Gasteiger partial charge >= 0.3 is 0 Å². The summed E-state index contributed by atoms with van der Waals surface area (Å²) in [6.45, 7) is 9.28. The molecule has 0 aromatic heterocycles. The van der Waals surface area contributed by atoms with E-state index in [1.165, 1.54) is 0 Å². The molecular formula is C20H30N4O5. The first-order valence-electron chi connectivity index (χ1n) is 10.2. The molecule has 2 aliphatic heterocycles. The summed E-state index contributed by atoms with van der Waals surface area (Å²) in [5.41, 5.74) is 1.50. The second-order valence-electron chi connectivity index (χ2n) is 6.89. The maximum absolute atomic E-state index is 12.6. The predicted molar refractivity (Wildman–Crippen MR) is 110 cm³/mol. The molecule has 0 aliphatic carbocycles. The van der Waals surface area contributed by atoms with Gasteiger partial charge in [-0.2, -0.15) is 0 Å². The van der Waals surface area contributed by atoms with E-state index in [1.54, 1.807) is 0 Å². The van der Waals surface area contributed by atoms with Gasteiger partial charge in [-0.3, -0.25) is 14.5 Å². The van der Waals surface area contributed by atoms with Gasteiger partial charge in [0.05, 0.1) is 50.9 Å². The Hall–Kier alpha value is -2.52. The number of carbonyl (C=O) groups excluding carboxylic acids is 2. The Bertz CT molecular complexity index is 721. The minimum atomic E-state index is -0.192. The first-order chi connectivity index (χ1) is 14.1. The predicted octanol–water partition coefficient (Wildman–Crippen LogP) is 0.691. The molecular weight excluding hydrogens is 376 g/mol. The van der Waals surface area contributed by atoms with Crippen molar-refractivity contribution < 1.29 is 23.8 Å². The summed E-state index contributed by atoms with van der Waals surface area (Å²) < 4.78 is 17.1. The normalized spacial score (nSPS) is 17.6. The van der Waals surface area contributed by atoms with E-state index in [1.807, 2.05) is 30.9 Å². The van der Waals surface area contributed by atoms with Gasteiger partial charge in [0.1, 0.15) is 11.5 Å². The minimum absolute atomic E-state index is 0.0625. The molecule has 0 spiro atoms. The zero-order valence-corrected chi connectivity index (χ0v) is 17.2. The lowest BCUT2D eigenvalue weighted by atomic mass is 10.2. The van der Waals surface area contributed by atoms with Gasteiger partial charge in [0.25, 0.3) is 0 Å². The van der Waals surface area contributed by atoms with Gasteiger partial charge in [-0.25, -0.2) is 0 Å². The van der Waals surface area contributed by atoms with E-state index >= 15 is 0 Å². The summed E-state index contributed by atoms with van der Waals surface area (Å²) in [6.07, 6.45) is 0. The molecule has 2 amide bonds. The molecule has 0 atom stereocenters. The summed E-state index contributed by atoms with van der Waals surface area (Å²) in [5.74, 6) is 1.04. The third kappa shape index (κ3) is 5.74. The molecule has 2 saturated heterocycles. The van der Waals surface area contributed by atoms with E-state index in [0.717, 1.165) is 18.8 Å². The van der Waals surface area contributed by atoms with Gasteiger partial charge in [0.2, 0.25) is 11.8 Å². The van der Waals surface area contributed by atoms with Crippen LogP contribution in [-0.2, 0) is 14.3 Å². The zero-order chi connectivity index (χ0) is 20.6. The van der Waals surface area contributed by atoms with E-state index in [9.17, 15) is 9.59 Å². The van der Waals surface area contributed by atoms with Crippen molar-refractivity contribution in [2.75, 3.05) is 75.9 Å². The molecule has 2 fully saturated rings.